The van der Waals surface area contributed by atoms with Crippen LogP contribution in [0.2, 0.25) is 0 Å². The molecule has 0 aliphatic carbocycles. The van der Waals surface area contributed by atoms with Crippen molar-refractivity contribution in [3.05, 3.63) is 56.3 Å². The van der Waals surface area contributed by atoms with Crippen molar-refractivity contribution in [1.29, 1.82) is 0 Å². The topological polar surface area (TPSA) is 86.6 Å². The predicted molar refractivity (Wildman–Crippen MR) is 126 cm³/mol. The first-order valence-electron chi connectivity index (χ1n) is 11.0. The van der Waals surface area contributed by atoms with Gasteiger partial charge in [0.1, 0.15) is 6.61 Å². The van der Waals surface area contributed by atoms with Crippen LogP contribution in [-0.2, 0) is 24.1 Å². The Bertz CT molecular complexity index is 864. The lowest BCUT2D eigenvalue weighted by atomic mass is 9.93. The highest BCUT2D eigenvalue weighted by Crippen LogP contribution is 2.23. The number of nitrogens with one attached hydrogen (secondary N) is 1. The number of amides is 1. The summed E-state index contributed by atoms with van der Waals surface area (Å²) >= 11 is 1.62. The Morgan fingerprint density at radius 1 is 1.10 bits per heavy atom. The minimum Gasteiger partial charge on any atom is -0.391 e. The fourth-order valence-electron chi connectivity index (χ4n) is 3.74. The van der Waals surface area contributed by atoms with Gasteiger partial charge in [0.05, 0.1) is 11.0 Å². The zero-order valence-corrected chi connectivity index (χ0v) is 19.8. The number of rotatable bonds is 12. The molecule has 1 aromatic heterocycles. The van der Waals surface area contributed by atoms with Crippen LogP contribution in [0.5, 0.6) is 0 Å². The summed E-state index contributed by atoms with van der Waals surface area (Å²) in [5.41, 5.74) is 4.66. The summed E-state index contributed by atoms with van der Waals surface area (Å²) in [5.74, 6) is 0.308. The Kier molecular flexibility index (Phi) is 9.88. The number of hydrogen-bond acceptors (Lipinski definition) is 5. The van der Waals surface area contributed by atoms with Crippen molar-refractivity contribution in [3.8, 4) is 0 Å². The quantitative estimate of drug-likeness (QED) is 0.434. The number of carbonyl (C=O) groups excluding carboxylic acids is 2. The lowest BCUT2D eigenvalue weighted by Gasteiger charge is -2.15. The number of aliphatic hydroxyl groups is 2. The Balaban J connectivity index is 1.90. The summed E-state index contributed by atoms with van der Waals surface area (Å²) in [6, 6.07) is 8.30. The number of thiophene rings is 1. The average molecular weight is 446 g/mol. The van der Waals surface area contributed by atoms with Crippen molar-refractivity contribution < 1.29 is 19.8 Å². The molecule has 1 heterocycles. The van der Waals surface area contributed by atoms with Crippen LogP contribution in [0.25, 0.3) is 0 Å². The zero-order chi connectivity index (χ0) is 23.0. The van der Waals surface area contributed by atoms with Gasteiger partial charge in [0.2, 0.25) is 5.91 Å². The molecular formula is C25H35NO4S. The highest BCUT2D eigenvalue weighted by atomic mass is 32.1. The van der Waals surface area contributed by atoms with Crippen molar-refractivity contribution in [3.63, 3.8) is 0 Å². The van der Waals surface area contributed by atoms with Gasteiger partial charge in [0.15, 0.2) is 5.78 Å². The van der Waals surface area contributed by atoms with Crippen LogP contribution in [0.15, 0.2) is 24.3 Å². The summed E-state index contributed by atoms with van der Waals surface area (Å²) in [7, 11) is 0. The molecule has 6 heteroatoms. The molecule has 1 unspecified atom stereocenters. The molecule has 1 atom stereocenters. The van der Waals surface area contributed by atoms with E-state index in [2.05, 4.69) is 51.2 Å². The second-order valence-electron chi connectivity index (χ2n) is 8.65. The third-order valence-electron chi connectivity index (χ3n) is 5.35. The molecule has 0 fully saturated rings. The van der Waals surface area contributed by atoms with Crippen LogP contribution in [-0.4, -0.2) is 41.2 Å². The largest absolute Gasteiger partial charge is 0.391 e. The van der Waals surface area contributed by atoms with Crippen LogP contribution in [0.3, 0.4) is 0 Å². The van der Waals surface area contributed by atoms with Crippen LogP contribution in [0, 0.1) is 19.8 Å². The van der Waals surface area contributed by atoms with Gasteiger partial charge in [0, 0.05) is 17.8 Å². The molecule has 1 amide bonds. The van der Waals surface area contributed by atoms with Crippen LogP contribution in [0.4, 0.5) is 0 Å². The number of benzene rings is 1. The maximum absolute atomic E-state index is 12.6. The maximum Gasteiger partial charge on any atom is 0.245 e. The first kappa shape index (κ1) is 25.2. The summed E-state index contributed by atoms with van der Waals surface area (Å²) in [4.78, 5) is 25.8. The van der Waals surface area contributed by atoms with Gasteiger partial charge in [-0.3, -0.25) is 9.59 Å². The summed E-state index contributed by atoms with van der Waals surface area (Å²) in [6.07, 6.45) is 2.82. The Morgan fingerprint density at radius 2 is 1.77 bits per heavy atom. The Labute approximate surface area is 189 Å². The van der Waals surface area contributed by atoms with E-state index in [0.717, 1.165) is 28.0 Å². The van der Waals surface area contributed by atoms with Gasteiger partial charge < -0.3 is 15.5 Å². The SMILES string of the molecule is Cc1cc(CCC(=O)c2ccc(CC(C)C)s2)cc(C)c1CCC(O)CNC(=O)CO. The molecule has 5 nitrogen and oxygen atoms in total. The molecular weight excluding hydrogens is 410 g/mol. The normalized spacial score (nSPS) is 12.2. The van der Waals surface area contributed by atoms with Gasteiger partial charge in [-0.1, -0.05) is 26.0 Å². The van der Waals surface area contributed by atoms with E-state index in [4.69, 9.17) is 5.11 Å². The molecule has 2 aromatic rings. The third-order valence-corrected chi connectivity index (χ3v) is 6.50. The van der Waals surface area contributed by atoms with Crippen molar-refractivity contribution in [2.75, 3.05) is 13.2 Å². The first-order chi connectivity index (χ1) is 14.7. The van der Waals surface area contributed by atoms with E-state index >= 15 is 0 Å². The fraction of sp³-hybridized carbons (Fsp3) is 0.520. The number of carbonyl (C=O) groups is 2. The molecule has 0 aliphatic rings. The number of aliphatic hydroxyl groups excluding tert-OH is 2. The lowest BCUT2D eigenvalue weighted by Crippen LogP contribution is -2.34. The minimum atomic E-state index is -0.655. The molecule has 0 saturated carbocycles. The molecule has 0 saturated heterocycles. The Morgan fingerprint density at radius 3 is 2.39 bits per heavy atom. The first-order valence-corrected chi connectivity index (χ1v) is 11.8. The van der Waals surface area contributed by atoms with Gasteiger partial charge >= 0.3 is 0 Å². The standard InChI is InChI=1S/C25H35NO4S/c1-16(2)11-21-7-10-24(31-21)23(29)9-5-19-12-17(3)22(18(4)13-19)8-6-20(28)14-26-25(30)15-27/h7,10,12-13,16,20,27-28H,5-6,8-9,11,14-15H2,1-4H3,(H,26,30). The number of Topliss-reactive ketones (excluding diaryl/α,β-unsaturated/α-hetero) is 1. The van der Waals surface area contributed by atoms with Crippen molar-refractivity contribution in [2.45, 2.75) is 65.9 Å². The van der Waals surface area contributed by atoms with E-state index in [1.165, 1.54) is 10.4 Å². The summed E-state index contributed by atoms with van der Waals surface area (Å²) in [5, 5.41) is 21.3. The summed E-state index contributed by atoms with van der Waals surface area (Å²) < 4.78 is 0. The molecule has 0 spiro atoms. The van der Waals surface area contributed by atoms with Crippen molar-refractivity contribution in [1.82, 2.24) is 5.32 Å². The summed E-state index contributed by atoms with van der Waals surface area (Å²) in [6.45, 7) is 8.06. The van der Waals surface area contributed by atoms with Crippen molar-refractivity contribution >= 4 is 23.0 Å². The van der Waals surface area contributed by atoms with E-state index in [9.17, 15) is 14.7 Å². The van der Waals surface area contributed by atoms with E-state index in [1.54, 1.807) is 11.3 Å². The van der Waals surface area contributed by atoms with Gasteiger partial charge in [-0.25, -0.2) is 0 Å². The van der Waals surface area contributed by atoms with E-state index < -0.39 is 18.6 Å². The monoisotopic (exact) mass is 445 g/mol. The van der Waals surface area contributed by atoms with E-state index in [-0.39, 0.29) is 12.3 Å². The molecule has 3 N–H and O–H groups in total. The number of ketones is 1. The molecule has 2 rings (SSSR count). The molecule has 31 heavy (non-hydrogen) atoms. The molecule has 1 aromatic carbocycles. The lowest BCUT2D eigenvalue weighted by molar-refractivity contribution is -0.124. The average Bonchev–Trinajstić information content (AvgIpc) is 3.17. The van der Waals surface area contributed by atoms with Gasteiger partial charge in [0.25, 0.3) is 0 Å². The molecule has 0 aliphatic heterocycles. The third kappa shape index (κ3) is 8.20. The van der Waals surface area contributed by atoms with Crippen molar-refractivity contribution in [2.24, 2.45) is 5.92 Å². The predicted octanol–water partition coefficient (Wildman–Crippen LogP) is 3.78. The molecule has 0 bridgehead atoms. The minimum absolute atomic E-state index is 0.138. The molecule has 170 valence electrons. The van der Waals surface area contributed by atoms with Gasteiger partial charge in [-0.15, -0.1) is 11.3 Å². The van der Waals surface area contributed by atoms with Crippen LogP contribution >= 0.6 is 11.3 Å². The highest BCUT2D eigenvalue weighted by Gasteiger charge is 2.13. The van der Waals surface area contributed by atoms with E-state index in [0.29, 0.717) is 31.6 Å². The fourth-order valence-corrected chi connectivity index (χ4v) is 4.93. The number of aryl methyl sites for hydroxylation is 3. The van der Waals surface area contributed by atoms with Gasteiger partial charge in [-0.2, -0.15) is 0 Å². The zero-order valence-electron chi connectivity index (χ0n) is 19.0. The highest BCUT2D eigenvalue weighted by molar-refractivity contribution is 7.14. The van der Waals surface area contributed by atoms with E-state index in [1.807, 2.05) is 6.07 Å². The smallest absolute Gasteiger partial charge is 0.245 e. The maximum atomic E-state index is 12.6. The van der Waals surface area contributed by atoms with Gasteiger partial charge in [-0.05, 0) is 79.8 Å². The number of hydrogen-bond donors (Lipinski definition) is 3. The second kappa shape index (κ2) is 12.1. The van der Waals surface area contributed by atoms with Crippen LogP contribution < -0.4 is 5.32 Å². The Hall–Kier alpha value is -2.02. The van der Waals surface area contributed by atoms with Crippen LogP contribution in [0.1, 0.15) is 63.5 Å². The molecule has 0 radical (unpaired) electrons. The second-order valence-corrected chi connectivity index (χ2v) is 9.82.